The van der Waals surface area contributed by atoms with E-state index >= 15 is 0 Å². The van der Waals surface area contributed by atoms with Gasteiger partial charge in [-0.05, 0) is 47.5 Å². The number of fused-ring (bicyclic) bond motifs is 1. The van der Waals surface area contributed by atoms with Crippen LogP contribution in [0.1, 0.15) is 40.6 Å². The third-order valence-corrected chi connectivity index (χ3v) is 7.04. The Morgan fingerprint density at radius 2 is 2.00 bits per heavy atom. The standard InChI is InChI=1S/C21H20BrF3N6OS/c1-4-12-6-7-17(33-12)14-8-18(21(23,24)25)31-19(27-14)9-15(28-31)20(32)29(3)11-16-13(22)10-26-30(16)5-2/h6-10H,4-5,11H2,1-3H3. The van der Waals surface area contributed by atoms with Gasteiger partial charge in [0.2, 0.25) is 0 Å². The maximum atomic E-state index is 13.8. The van der Waals surface area contributed by atoms with E-state index < -0.39 is 17.8 Å². The van der Waals surface area contributed by atoms with E-state index in [1.54, 1.807) is 24.0 Å². The number of alkyl halides is 3. The van der Waals surface area contributed by atoms with E-state index in [9.17, 15) is 18.0 Å². The lowest BCUT2D eigenvalue weighted by Gasteiger charge is -2.17. The number of aryl methyl sites for hydroxylation is 2. The second-order valence-corrected chi connectivity index (χ2v) is 9.38. The van der Waals surface area contributed by atoms with Gasteiger partial charge in [-0.3, -0.25) is 9.48 Å². The molecule has 0 fully saturated rings. The lowest BCUT2D eigenvalue weighted by molar-refractivity contribution is -0.142. The number of nitrogens with zero attached hydrogens (tertiary/aromatic N) is 6. The van der Waals surface area contributed by atoms with Crippen molar-refractivity contribution in [3.63, 3.8) is 0 Å². The van der Waals surface area contributed by atoms with E-state index in [-0.39, 0.29) is 23.6 Å². The molecule has 1 amide bonds. The maximum Gasteiger partial charge on any atom is 0.433 e. The second kappa shape index (κ2) is 8.90. The predicted octanol–water partition coefficient (Wildman–Crippen LogP) is 5.29. The Balaban J connectivity index is 1.73. The fourth-order valence-electron chi connectivity index (χ4n) is 3.42. The van der Waals surface area contributed by atoms with Crippen LogP contribution in [-0.4, -0.2) is 42.2 Å². The zero-order valence-corrected chi connectivity index (χ0v) is 20.4. The molecule has 4 rings (SSSR count). The molecule has 0 unspecified atom stereocenters. The first-order valence-corrected chi connectivity index (χ1v) is 11.8. The van der Waals surface area contributed by atoms with Gasteiger partial charge in [0.15, 0.2) is 17.0 Å². The van der Waals surface area contributed by atoms with Crippen molar-refractivity contribution in [1.29, 1.82) is 0 Å². The van der Waals surface area contributed by atoms with Gasteiger partial charge in [-0.15, -0.1) is 11.3 Å². The van der Waals surface area contributed by atoms with Crippen LogP contribution in [0.5, 0.6) is 0 Å². The predicted molar refractivity (Wildman–Crippen MR) is 122 cm³/mol. The van der Waals surface area contributed by atoms with Crippen LogP contribution in [0.15, 0.2) is 34.9 Å². The minimum atomic E-state index is -4.67. The fourth-order valence-corrected chi connectivity index (χ4v) is 4.75. The zero-order chi connectivity index (χ0) is 23.9. The Hall–Kier alpha value is -2.73. The molecule has 0 aliphatic rings. The smallest absolute Gasteiger partial charge is 0.334 e. The monoisotopic (exact) mass is 540 g/mol. The Labute approximate surface area is 200 Å². The summed E-state index contributed by atoms with van der Waals surface area (Å²) in [4.78, 5) is 20.4. The number of amides is 1. The quantitative estimate of drug-likeness (QED) is 0.333. The first kappa shape index (κ1) is 23.4. The topological polar surface area (TPSA) is 68.3 Å². The average molecular weight is 541 g/mol. The van der Waals surface area contributed by atoms with E-state index in [0.717, 1.165) is 27.5 Å². The summed E-state index contributed by atoms with van der Waals surface area (Å²) in [5, 5.41) is 8.18. The molecule has 0 aromatic carbocycles. The van der Waals surface area contributed by atoms with Gasteiger partial charge < -0.3 is 4.90 Å². The highest BCUT2D eigenvalue weighted by Gasteiger charge is 2.36. The SMILES string of the molecule is CCc1ccc(-c2cc(C(F)(F)F)n3nc(C(=O)N(C)Cc4c(Br)cnn4CC)cc3n2)s1. The van der Waals surface area contributed by atoms with Crippen LogP contribution in [0, 0.1) is 0 Å². The average Bonchev–Trinajstić information content (AvgIpc) is 3.50. The van der Waals surface area contributed by atoms with Crippen LogP contribution in [0.25, 0.3) is 16.2 Å². The van der Waals surface area contributed by atoms with Crippen molar-refractivity contribution in [3.05, 3.63) is 56.9 Å². The van der Waals surface area contributed by atoms with E-state index in [0.29, 0.717) is 15.9 Å². The first-order chi connectivity index (χ1) is 15.6. The molecule has 0 spiro atoms. The van der Waals surface area contributed by atoms with Crippen LogP contribution in [0.4, 0.5) is 13.2 Å². The Morgan fingerprint density at radius 1 is 1.24 bits per heavy atom. The van der Waals surface area contributed by atoms with Gasteiger partial charge in [-0.1, -0.05) is 6.92 Å². The third kappa shape index (κ3) is 4.54. The van der Waals surface area contributed by atoms with Crippen molar-refractivity contribution in [2.75, 3.05) is 7.05 Å². The van der Waals surface area contributed by atoms with Gasteiger partial charge in [0, 0.05) is 24.5 Å². The van der Waals surface area contributed by atoms with Crippen molar-refractivity contribution in [2.24, 2.45) is 0 Å². The highest BCUT2D eigenvalue weighted by molar-refractivity contribution is 9.10. The first-order valence-electron chi connectivity index (χ1n) is 10.1. The zero-order valence-electron chi connectivity index (χ0n) is 18.0. The molecule has 174 valence electrons. The number of rotatable bonds is 6. The highest BCUT2D eigenvalue weighted by atomic mass is 79.9. The highest BCUT2D eigenvalue weighted by Crippen LogP contribution is 2.34. The molecular weight excluding hydrogens is 521 g/mol. The number of thiophene rings is 1. The van der Waals surface area contributed by atoms with Crippen LogP contribution in [0.2, 0.25) is 0 Å². The maximum absolute atomic E-state index is 13.8. The summed E-state index contributed by atoms with van der Waals surface area (Å²) >= 11 is 4.80. The van der Waals surface area contributed by atoms with Gasteiger partial charge in [0.25, 0.3) is 5.91 Å². The molecule has 0 bridgehead atoms. The summed E-state index contributed by atoms with van der Waals surface area (Å²) in [5.74, 6) is -0.518. The molecule has 0 saturated heterocycles. The molecule has 0 aliphatic heterocycles. The summed E-state index contributed by atoms with van der Waals surface area (Å²) in [6.45, 7) is 4.72. The van der Waals surface area contributed by atoms with E-state index in [1.165, 1.54) is 22.3 Å². The number of carbonyl (C=O) groups excluding carboxylic acids is 1. The number of aromatic nitrogens is 5. The minimum absolute atomic E-state index is 0.0391. The van der Waals surface area contributed by atoms with Crippen molar-refractivity contribution in [1.82, 2.24) is 29.3 Å². The molecule has 7 nitrogen and oxygen atoms in total. The molecule has 4 heterocycles. The van der Waals surface area contributed by atoms with Crippen molar-refractivity contribution in [3.8, 4) is 10.6 Å². The molecule has 4 aromatic rings. The number of halogens is 4. The van der Waals surface area contributed by atoms with Crippen LogP contribution in [-0.2, 0) is 25.7 Å². The Kier molecular flexibility index (Phi) is 6.32. The molecule has 0 aliphatic carbocycles. The van der Waals surface area contributed by atoms with Crippen LogP contribution < -0.4 is 0 Å². The number of hydrogen-bond donors (Lipinski definition) is 0. The van der Waals surface area contributed by atoms with Gasteiger partial charge in [-0.2, -0.15) is 23.4 Å². The lowest BCUT2D eigenvalue weighted by Crippen LogP contribution is -2.28. The van der Waals surface area contributed by atoms with Crippen LogP contribution in [0.3, 0.4) is 0 Å². The Bertz CT molecular complexity index is 1330. The fraction of sp³-hybridized carbons (Fsp3) is 0.333. The van der Waals surface area contributed by atoms with Gasteiger partial charge in [0.1, 0.15) is 0 Å². The summed E-state index contributed by atoms with van der Waals surface area (Å²) in [7, 11) is 1.56. The minimum Gasteiger partial charge on any atom is -0.334 e. The molecule has 0 saturated carbocycles. The summed E-state index contributed by atoms with van der Waals surface area (Å²) in [6, 6.07) is 5.89. The Morgan fingerprint density at radius 3 is 2.64 bits per heavy atom. The molecule has 4 aromatic heterocycles. The molecule has 12 heteroatoms. The molecule has 0 atom stereocenters. The van der Waals surface area contributed by atoms with Crippen molar-refractivity contribution < 1.29 is 18.0 Å². The normalized spacial score (nSPS) is 12.0. The van der Waals surface area contributed by atoms with Gasteiger partial charge >= 0.3 is 6.18 Å². The summed E-state index contributed by atoms with van der Waals surface area (Å²) < 4.78 is 44.7. The molecule has 0 radical (unpaired) electrons. The van der Waals surface area contributed by atoms with Crippen LogP contribution >= 0.6 is 27.3 Å². The van der Waals surface area contributed by atoms with E-state index in [1.807, 2.05) is 19.9 Å². The molecular formula is C21H20BrF3N6OS. The van der Waals surface area contributed by atoms with E-state index in [2.05, 4.69) is 31.1 Å². The number of carbonyl (C=O) groups is 1. The van der Waals surface area contributed by atoms with Crippen molar-refractivity contribution >= 4 is 38.8 Å². The summed E-state index contributed by atoms with van der Waals surface area (Å²) in [6.07, 6.45) is -2.25. The third-order valence-electron chi connectivity index (χ3n) is 5.13. The van der Waals surface area contributed by atoms with Gasteiger partial charge in [0.05, 0.1) is 33.5 Å². The number of hydrogen-bond acceptors (Lipinski definition) is 5. The lowest BCUT2D eigenvalue weighted by atomic mass is 10.2. The van der Waals surface area contributed by atoms with E-state index in [4.69, 9.17) is 0 Å². The van der Waals surface area contributed by atoms with Gasteiger partial charge in [-0.25, -0.2) is 9.50 Å². The summed E-state index contributed by atoms with van der Waals surface area (Å²) in [5.41, 5.74) is -0.169. The molecule has 0 N–H and O–H groups in total. The molecule has 33 heavy (non-hydrogen) atoms. The largest absolute Gasteiger partial charge is 0.433 e. The second-order valence-electron chi connectivity index (χ2n) is 7.36. The van der Waals surface area contributed by atoms with Crippen molar-refractivity contribution in [2.45, 2.75) is 39.5 Å².